The zero-order valence-electron chi connectivity index (χ0n) is 15.1. The van der Waals surface area contributed by atoms with E-state index in [0.29, 0.717) is 18.0 Å². The van der Waals surface area contributed by atoms with Crippen LogP contribution in [-0.4, -0.2) is 33.3 Å². The number of fused-ring (bicyclic) bond motifs is 2. The van der Waals surface area contributed by atoms with E-state index in [2.05, 4.69) is 43.0 Å². The van der Waals surface area contributed by atoms with E-state index in [9.17, 15) is 4.79 Å². The number of aryl methyl sites for hydroxylation is 2. The minimum Gasteiger partial charge on any atom is -0.334 e. The number of aromatic nitrogens is 2. The van der Waals surface area contributed by atoms with Crippen molar-refractivity contribution in [3.63, 3.8) is 0 Å². The molecule has 1 aliphatic carbocycles. The van der Waals surface area contributed by atoms with Crippen LogP contribution >= 0.6 is 0 Å². The van der Waals surface area contributed by atoms with Gasteiger partial charge in [0.1, 0.15) is 0 Å². The fourth-order valence-electron chi connectivity index (χ4n) is 4.86. The molecule has 23 heavy (non-hydrogen) atoms. The van der Waals surface area contributed by atoms with Gasteiger partial charge in [0.15, 0.2) is 0 Å². The molecule has 0 unspecified atom stereocenters. The molecule has 3 rings (SSSR count). The Morgan fingerprint density at radius 1 is 1.39 bits per heavy atom. The molecule has 1 aromatic heterocycles. The molecule has 0 radical (unpaired) electrons. The first-order valence-electron chi connectivity index (χ1n) is 8.79. The van der Waals surface area contributed by atoms with Gasteiger partial charge < -0.3 is 10.2 Å². The number of nitrogens with one attached hydrogen (secondary N) is 1. The fraction of sp³-hybridized carbons (Fsp3) is 0.778. The molecular weight excluding hydrogens is 288 g/mol. The topological polar surface area (TPSA) is 50.2 Å². The summed E-state index contributed by atoms with van der Waals surface area (Å²) in [6, 6.07) is 0.475. The number of amides is 2. The van der Waals surface area contributed by atoms with Crippen LogP contribution in [0.2, 0.25) is 0 Å². The van der Waals surface area contributed by atoms with Gasteiger partial charge in [-0.1, -0.05) is 20.8 Å². The van der Waals surface area contributed by atoms with Gasteiger partial charge in [-0.25, -0.2) is 4.79 Å². The summed E-state index contributed by atoms with van der Waals surface area (Å²) >= 11 is 0. The largest absolute Gasteiger partial charge is 0.334 e. The number of likely N-dealkylation sites (tertiary alicyclic amines) is 1. The lowest BCUT2D eigenvalue weighted by molar-refractivity contribution is 0.129. The molecule has 128 valence electrons. The number of nitrogens with zero attached hydrogens (tertiary/aromatic N) is 3. The van der Waals surface area contributed by atoms with E-state index in [1.54, 1.807) is 0 Å². The van der Waals surface area contributed by atoms with Crippen LogP contribution in [0.15, 0.2) is 6.20 Å². The van der Waals surface area contributed by atoms with Gasteiger partial charge in [-0.05, 0) is 43.9 Å². The molecular formula is C18H30N4O. The van der Waals surface area contributed by atoms with Crippen molar-refractivity contribution in [3.8, 4) is 0 Å². The third-order valence-corrected chi connectivity index (χ3v) is 5.48. The van der Waals surface area contributed by atoms with Gasteiger partial charge in [0.25, 0.3) is 0 Å². The summed E-state index contributed by atoms with van der Waals surface area (Å²) in [4.78, 5) is 14.8. The highest BCUT2D eigenvalue weighted by Crippen LogP contribution is 2.52. The average Bonchev–Trinajstić information content (AvgIpc) is 2.92. The van der Waals surface area contributed by atoms with Gasteiger partial charge in [0.2, 0.25) is 0 Å². The van der Waals surface area contributed by atoms with Gasteiger partial charge in [-0.3, -0.25) is 4.68 Å². The summed E-state index contributed by atoms with van der Waals surface area (Å²) in [5, 5.41) is 7.55. The number of carbonyl (C=O) groups excluding carboxylic acids is 1. The van der Waals surface area contributed by atoms with Crippen LogP contribution in [0.25, 0.3) is 0 Å². The van der Waals surface area contributed by atoms with Crippen LogP contribution in [0.3, 0.4) is 0 Å². The SMILES string of the molecule is CCn1cc(CNC(=O)N2C[C@]3(C)C[C@H]2CC(C)(C)C3)c(C)n1. The second kappa shape index (κ2) is 5.53. The highest BCUT2D eigenvalue weighted by molar-refractivity contribution is 5.75. The predicted octanol–water partition coefficient (Wildman–Crippen LogP) is 3.32. The van der Waals surface area contributed by atoms with Gasteiger partial charge in [-0.2, -0.15) is 5.10 Å². The van der Waals surface area contributed by atoms with Crippen molar-refractivity contribution in [1.82, 2.24) is 20.0 Å². The van der Waals surface area contributed by atoms with Crippen molar-refractivity contribution in [2.45, 2.75) is 73.0 Å². The lowest BCUT2D eigenvalue weighted by Gasteiger charge is -2.39. The first-order valence-corrected chi connectivity index (χ1v) is 8.79. The van der Waals surface area contributed by atoms with Gasteiger partial charge in [0.05, 0.1) is 5.69 Å². The van der Waals surface area contributed by atoms with Crippen LogP contribution in [0.5, 0.6) is 0 Å². The lowest BCUT2D eigenvalue weighted by Crippen LogP contribution is -2.43. The Bertz CT molecular complexity index is 606. The van der Waals surface area contributed by atoms with Crippen molar-refractivity contribution >= 4 is 6.03 Å². The molecule has 2 aliphatic rings. The maximum Gasteiger partial charge on any atom is 0.317 e. The minimum atomic E-state index is 0.0834. The van der Waals surface area contributed by atoms with Gasteiger partial charge in [-0.15, -0.1) is 0 Å². The highest BCUT2D eigenvalue weighted by atomic mass is 16.2. The lowest BCUT2D eigenvalue weighted by atomic mass is 9.65. The first-order chi connectivity index (χ1) is 10.7. The number of hydrogen-bond acceptors (Lipinski definition) is 2. The maximum absolute atomic E-state index is 12.7. The Morgan fingerprint density at radius 2 is 2.13 bits per heavy atom. The molecule has 2 heterocycles. The standard InChI is InChI=1S/C18H30N4O/c1-6-21-10-14(13(2)20-21)9-19-16(23)22-12-18(5)8-15(22)7-17(3,4)11-18/h10,15H,6-9,11-12H2,1-5H3,(H,19,23)/t15-,18-/m1/s1. The Hall–Kier alpha value is -1.52. The van der Waals surface area contributed by atoms with E-state index in [-0.39, 0.29) is 11.4 Å². The molecule has 1 saturated carbocycles. The van der Waals surface area contributed by atoms with E-state index >= 15 is 0 Å². The second-order valence-electron chi connectivity index (χ2n) is 8.60. The molecule has 1 aliphatic heterocycles. The summed E-state index contributed by atoms with van der Waals surface area (Å²) in [5.41, 5.74) is 2.73. The Morgan fingerprint density at radius 3 is 2.78 bits per heavy atom. The summed E-state index contributed by atoms with van der Waals surface area (Å²) in [7, 11) is 0. The monoisotopic (exact) mass is 318 g/mol. The Balaban J connectivity index is 1.64. The molecule has 2 fully saturated rings. The third kappa shape index (κ3) is 3.24. The second-order valence-corrected chi connectivity index (χ2v) is 8.60. The molecule has 5 nitrogen and oxygen atoms in total. The molecule has 2 bridgehead atoms. The van der Waals surface area contributed by atoms with Crippen LogP contribution in [0, 0.1) is 17.8 Å². The van der Waals surface area contributed by atoms with Crippen molar-refractivity contribution in [2.24, 2.45) is 10.8 Å². The van der Waals surface area contributed by atoms with Crippen molar-refractivity contribution < 1.29 is 4.79 Å². The Labute approximate surface area is 139 Å². The predicted molar refractivity (Wildman–Crippen MR) is 91.1 cm³/mol. The minimum absolute atomic E-state index is 0.0834. The normalized spacial score (nSPS) is 28.9. The molecule has 1 saturated heterocycles. The first kappa shape index (κ1) is 16.3. The number of urea groups is 1. The summed E-state index contributed by atoms with van der Waals surface area (Å²) in [6.45, 7) is 13.4. The zero-order chi connectivity index (χ0) is 16.8. The maximum atomic E-state index is 12.7. The van der Waals surface area contributed by atoms with Crippen molar-refractivity contribution in [3.05, 3.63) is 17.5 Å². The summed E-state index contributed by atoms with van der Waals surface area (Å²) < 4.78 is 1.92. The third-order valence-electron chi connectivity index (χ3n) is 5.48. The van der Waals surface area contributed by atoms with Crippen LogP contribution < -0.4 is 5.32 Å². The molecule has 0 aromatic carbocycles. The van der Waals surface area contributed by atoms with E-state index in [0.717, 1.165) is 37.2 Å². The zero-order valence-corrected chi connectivity index (χ0v) is 15.1. The number of carbonyl (C=O) groups is 1. The van der Waals surface area contributed by atoms with E-state index < -0.39 is 0 Å². The van der Waals surface area contributed by atoms with Crippen LogP contribution in [0.4, 0.5) is 4.79 Å². The van der Waals surface area contributed by atoms with Gasteiger partial charge >= 0.3 is 6.03 Å². The van der Waals surface area contributed by atoms with Crippen LogP contribution in [0.1, 0.15) is 58.2 Å². The molecule has 5 heteroatoms. The quantitative estimate of drug-likeness (QED) is 0.929. The molecule has 2 amide bonds. The van der Waals surface area contributed by atoms with E-state index in [1.807, 2.05) is 17.8 Å². The van der Waals surface area contributed by atoms with E-state index in [1.165, 1.54) is 6.42 Å². The molecule has 2 atom stereocenters. The number of hydrogen-bond donors (Lipinski definition) is 1. The Kier molecular flexibility index (Phi) is 3.93. The average molecular weight is 318 g/mol. The molecule has 1 N–H and O–H groups in total. The molecule has 1 aromatic rings. The fourth-order valence-corrected chi connectivity index (χ4v) is 4.86. The molecule has 0 spiro atoms. The van der Waals surface area contributed by atoms with E-state index in [4.69, 9.17) is 0 Å². The van der Waals surface area contributed by atoms with Crippen molar-refractivity contribution in [2.75, 3.05) is 6.54 Å². The number of rotatable bonds is 3. The van der Waals surface area contributed by atoms with Crippen molar-refractivity contribution in [1.29, 1.82) is 0 Å². The van der Waals surface area contributed by atoms with Gasteiger partial charge in [0, 0.05) is 37.4 Å². The summed E-state index contributed by atoms with van der Waals surface area (Å²) in [5.74, 6) is 0. The summed E-state index contributed by atoms with van der Waals surface area (Å²) in [6.07, 6.45) is 5.50. The smallest absolute Gasteiger partial charge is 0.317 e. The highest BCUT2D eigenvalue weighted by Gasteiger charge is 2.50. The van der Waals surface area contributed by atoms with Crippen LogP contribution in [-0.2, 0) is 13.1 Å².